The summed E-state index contributed by atoms with van der Waals surface area (Å²) in [7, 11) is 5.93. The summed E-state index contributed by atoms with van der Waals surface area (Å²) in [5.74, 6) is -2.28. The van der Waals surface area contributed by atoms with Gasteiger partial charge in [-0.3, -0.25) is 9.59 Å². The maximum Gasteiger partial charge on any atom is 0.306 e. The molecule has 460 valence electrons. The van der Waals surface area contributed by atoms with E-state index in [1.54, 1.807) is 0 Å². The van der Waals surface area contributed by atoms with Gasteiger partial charge in [0.05, 0.1) is 40.3 Å². The van der Waals surface area contributed by atoms with E-state index in [9.17, 15) is 19.5 Å². The van der Waals surface area contributed by atoms with Gasteiger partial charge >= 0.3 is 11.9 Å². The summed E-state index contributed by atoms with van der Waals surface area (Å²) in [6, 6.07) is 0. The molecule has 0 fully saturated rings. The van der Waals surface area contributed by atoms with E-state index in [0.717, 1.165) is 64.2 Å². The second-order valence-electron chi connectivity index (χ2n) is 24.5. The van der Waals surface area contributed by atoms with Crippen LogP contribution in [0, 0.1) is 0 Å². The Bertz CT molecular complexity index is 1330. The molecule has 0 radical (unpaired) electrons. The Kier molecular flexibility index (Phi) is 59.1. The second-order valence-corrected chi connectivity index (χ2v) is 24.5. The fourth-order valence-electron chi connectivity index (χ4n) is 10.2. The Hall–Kier alpha value is -2.23. The minimum Gasteiger partial charge on any atom is -0.545 e. The maximum absolute atomic E-state index is 12.8. The van der Waals surface area contributed by atoms with Crippen molar-refractivity contribution in [1.29, 1.82) is 0 Å². The predicted molar refractivity (Wildman–Crippen MR) is 330 cm³/mol. The van der Waals surface area contributed by atoms with Gasteiger partial charge in [-0.15, -0.1) is 0 Å². The van der Waals surface area contributed by atoms with Gasteiger partial charge in [-0.2, -0.15) is 0 Å². The smallest absolute Gasteiger partial charge is 0.306 e. The molecule has 9 nitrogen and oxygen atoms in total. The molecule has 0 aliphatic rings. The molecular weight excluding hydrogens is 971 g/mol. The van der Waals surface area contributed by atoms with Crippen LogP contribution in [0.1, 0.15) is 341 Å². The van der Waals surface area contributed by atoms with Crippen molar-refractivity contribution < 1.29 is 42.9 Å². The molecule has 0 aliphatic heterocycles. The van der Waals surface area contributed by atoms with Crippen molar-refractivity contribution in [2.24, 2.45) is 0 Å². The van der Waals surface area contributed by atoms with E-state index in [0.29, 0.717) is 23.9 Å². The summed E-state index contributed by atoms with van der Waals surface area (Å²) in [4.78, 5) is 37.3. The zero-order chi connectivity index (χ0) is 56.9. The first-order valence-corrected chi connectivity index (χ1v) is 34.0. The molecule has 0 aromatic rings. The quantitative estimate of drug-likeness (QED) is 0.0195. The van der Waals surface area contributed by atoms with Crippen LogP contribution in [0.25, 0.3) is 0 Å². The lowest BCUT2D eigenvalue weighted by Gasteiger charge is -2.26. The lowest BCUT2D eigenvalue weighted by Crippen LogP contribution is -2.44. The van der Waals surface area contributed by atoms with Crippen LogP contribution in [-0.2, 0) is 33.3 Å². The van der Waals surface area contributed by atoms with Crippen LogP contribution in [0.4, 0.5) is 0 Å². The van der Waals surface area contributed by atoms with Gasteiger partial charge in [0.25, 0.3) is 0 Å². The molecular formula is C69H131NO8. The Morgan fingerprint density at radius 2 is 0.705 bits per heavy atom. The number of esters is 2. The number of carboxylic acid groups (broad SMARTS) is 1. The number of hydrogen-bond acceptors (Lipinski definition) is 8. The zero-order valence-electron chi connectivity index (χ0n) is 52.6. The number of carbonyl (C=O) groups is 3. The normalized spacial score (nSPS) is 12.8. The second kappa shape index (κ2) is 60.9. The number of nitrogens with zero attached hydrogens (tertiary/aromatic N) is 1. The van der Waals surface area contributed by atoms with Crippen LogP contribution in [0.3, 0.4) is 0 Å². The van der Waals surface area contributed by atoms with Crippen LogP contribution >= 0.6 is 0 Å². The largest absolute Gasteiger partial charge is 0.545 e. The highest BCUT2D eigenvalue weighted by Crippen LogP contribution is 2.19. The molecule has 0 spiro atoms. The van der Waals surface area contributed by atoms with Crippen molar-refractivity contribution in [3.8, 4) is 0 Å². The van der Waals surface area contributed by atoms with Crippen molar-refractivity contribution >= 4 is 17.9 Å². The first-order chi connectivity index (χ1) is 38.1. The van der Waals surface area contributed by atoms with Crippen LogP contribution in [-0.4, -0.2) is 82.3 Å². The molecule has 0 aromatic carbocycles. The van der Waals surface area contributed by atoms with Crippen molar-refractivity contribution in [3.05, 3.63) is 24.3 Å². The lowest BCUT2D eigenvalue weighted by molar-refractivity contribution is -0.870. The van der Waals surface area contributed by atoms with E-state index in [-0.39, 0.29) is 32.2 Å². The summed E-state index contributed by atoms with van der Waals surface area (Å²) in [6.45, 7) is 4.74. The summed E-state index contributed by atoms with van der Waals surface area (Å²) >= 11 is 0. The van der Waals surface area contributed by atoms with Gasteiger partial charge in [0.1, 0.15) is 13.2 Å². The first-order valence-electron chi connectivity index (χ1n) is 34.0. The van der Waals surface area contributed by atoms with Gasteiger partial charge in [0, 0.05) is 12.8 Å². The van der Waals surface area contributed by atoms with Crippen molar-refractivity contribution in [1.82, 2.24) is 0 Å². The van der Waals surface area contributed by atoms with Gasteiger partial charge in [0.2, 0.25) is 0 Å². The average molecular weight is 1100 g/mol. The van der Waals surface area contributed by atoms with Crippen LogP contribution < -0.4 is 5.11 Å². The van der Waals surface area contributed by atoms with Gasteiger partial charge in [-0.05, 0) is 38.5 Å². The SMILES string of the molecule is CCCC/C=C\C/C=C\CCCCCCCC(=O)OC(COC(=O)CCCCCCCCCCCCCCCCCCCCCCCCCCCCCCCCCCCCCCCCC)COC(OCC[N+](C)(C)C)C(=O)[O-]. The first kappa shape index (κ1) is 75.8. The Morgan fingerprint density at radius 3 is 1.05 bits per heavy atom. The molecule has 2 atom stereocenters. The van der Waals surface area contributed by atoms with Crippen LogP contribution in [0.2, 0.25) is 0 Å². The number of allylic oxidation sites excluding steroid dienone is 4. The minimum atomic E-state index is -1.62. The standard InChI is InChI=1S/C69H131NO8/c1-6-8-10-12-14-16-18-20-22-23-24-25-26-27-28-29-30-31-32-33-34-35-36-37-38-39-40-41-42-43-44-45-46-48-49-51-53-55-57-59-66(71)76-63-65(64-77-69(68(73)74)75-62-61-70(3,4)5)78-67(72)60-58-56-54-52-50-47-21-19-17-15-13-11-9-7-2/h13,15,19,21,65,69H,6-12,14,16-18,20,22-64H2,1-5H3/b15-13-,21-19-. The van der Waals surface area contributed by atoms with Gasteiger partial charge in [-0.25, -0.2) is 0 Å². The zero-order valence-corrected chi connectivity index (χ0v) is 52.6. The predicted octanol–water partition coefficient (Wildman–Crippen LogP) is 19.3. The highest BCUT2D eigenvalue weighted by atomic mass is 16.7. The number of rotatable bonds is 64. The maximum atomic E-state index is 12.8. The fraction of sp³-hybridized carbons (Fsp3) is 0.899. The summed E-state index contributed by atoms with van der Waals surface area (Å²) < 4.78 is 22.7. The molecule has 0 rings (SSSR count). The molecule has 78 heavy (non-hydrogen) atoms. The molecule has 0 N–H and O–H groups in total. The lowest BCUT2D eigenvalue weighted by atomic mass is 10.0. The number of aliphatic carboxylic acids is 1. The molecule has 0 saturated heterocycles. The molecule has 0 bridgehead atoms. The average Bonchev–Trinajstić information content (AvgIpc) is 3.41. The number of quaternary nitrogens is 1. The number of unbranched alkanes of at least 4 members (excludes halogenated alkanes) is 45. The highest BCUT2D eigenvalue weighted by Gasteiger charge is 2.22. The monoisotopic (exact) mass is 1100 g/mol. The number of carbonyl (C=O) groups excluding carboxylic acids is 3. The summed E-state index contributed by atoms with van der Waals surface area (Å²) in [5, 5.41) is 11.8. The van der Waals surface area contributed by atoms with E-state index in [4.69, 9.17) is 18.9 Å². The third-order valence-corrected chi connectivity index (χ3v) is 15.5. The highest BCUT2D eigenvalue weighted by molar-refractivity contribution is 5.70. The van der Waals surface area contributed by atoms with Gasteiger partial charge in [0.15, 0.2) is 12.4 Å². The molecule has 0 amide bonds. The minimum absolute atomic E-state index is 0.147. The summed E-state index contributed by atoms with van der Waals surface area (Å²) in [6.07, 6.45) is 71.5. The van der Waals surface area contributed by atoms with Crippen LogP contribution in [0.5, 0.6) is 0 Å². The molecule has 0 saturated carbocycles. The Morgan fingerprint density at radius 1 is 0.385 bits per heavy atom. The van der Waals surface area contributed by atoms with Gasteiger partial charge < -0.3 is 33.3 Å². The third-order valence-electron chi connectivity index (χ3n) is 15.5. The number of carboxylic acids is 1. The fourth-order valence-corrected chi connectivity index (χ4v) is 10.2. The number of hydrogen-bond donors (Lipinski definition) is 0. The molecule has 0 aliphatic carbocycles. The van der Waals surface area contributed by atoms with Crippen molar-refractivity contribution in [3.63, 3.8) is 0 Å². The van der Waals surface area contributed by atoms with E-state index in [1.165, 1.54) is 244 Å². The molecule has 0 heterocycles. The molecule has 0 aromatic heterocycles. The van der Waals surface area contributed by atoms with E-state index < -0.39 is 24.3 Å². The number of ether oxygens (including phenoxy) is 4. The van der Waals surface area contributed by atoms with Crippen molar-refractivity contribution in [2.45, 2.75) is 354 Å². The molecule has 9 heteroatoms. The Labute approximate surface area is 484 Å². The number of likely N-dealkylation sites (N-methyl/N-ethyl adjacent to an activating group) is 1. The van der Waals surface area contributed by atoms with Crippen LogP contribution in [0.15, 0.2) is 24.3 Å². The summed E-state index contributed by atoms with van der Waals surface area (Å²) in [5.41, 5.74) is 0. The van der Waals surface area contributed by atoms with E-state index in [2.05, 4.69) is 38.2 Å². The van der Waals surface area contributed by atoms with Crippen molar-refractivity contribution in [2.75, 3.05) is 47.5 Å². The molecule has 2 unspecified atom stereocenters. The topological polar surface area (TPSA) is 111 Å². The van der Waals surface area contributed by atoms with Gasteiger partial charge in [-0.1, -0.05) is 314 Å². The van der Waals surface area contributed by atoms with E-state index in [1.807, 2.05) is 21.1 Å². The Balaban J connectivity index is 3.87. The van der Waals surface area contributed by atoms with E-state index >= 15 is 0 Å². The third kappa shape index (κ3) is 61.4.